The SMILES string of the molecule is C[C@H](N[C@H](c1cnn(C)c1)C(C)(C)C)c1ccc(F)cc1F. The van der Waals surface area contributed by atoms with E-state index in [9.17, 15) is 8.78 Å². The highest BCUT2D eigenvalue weighted by Crippen LogP contribution is 2.35. The summed E-state index contributed by atoms with van der Waals surface area (Å²) in [5, 5.41) is 7.66. The Balaban J connectivity index is 2.27. The van der Waals surface area contributed by atoms with E-state index in [4.69, 9.17) is 0 Å². The zero-order chi connectivity index (χ0) is 16.5. The normalized spacial score (nSPS) is 14.9. The average Bonchev–Trinajstić information content (AvgIpc) is 2.80. The number of halogens is 2. The highest BCUT2D eigenvalue weighted by atomic mass is 19.1. The van der Waals surface area contributed by atoms with Crippen LogP contribution < -0.4 is 5.32 Å². The Bertz CT molecular complexity index is 644. The number of nitrogens with one attached hydrogen (secondary N) is 1. The maximum atomic E-state index is 14.0. The van der Waals surface area contributed by atoms with Crippen molar-refractivity contribution >= 4 is 0 Å². The van der Waals surface area contributed by atoms with Crippen LogP contribution in [0.15, 0.2) is 30.6 Å². The van der Waals surface area contributed by atoms with Crippen LogP contribution in [0.25, 0.3) is 0 Å². The molecular weight excluding hydrogens is 284 g/mol. The van der Waals surface area contributed by atoms with Crippen LogP contribution >= 0.6 is 0 Å². The molecule has 2 aromatic rings. The number of rotatable bonds is 4. The summed E-state index contributed by atoms with van der Waals surface area (Å²) in [6.45, 7) is 8.23. The quantitative estimate of drug-likeness (QED) is 0.920. The van der Waals surface area contributed by atoms with Gasteiger partial charge in [-0.05, 0) is 18.4 Å². The summed E-state index contributed by atoms with van der Waals surface area (Å²) in [5.74, 6) is -1.09. The van der Waals surface area contributed by atoms with Crippen molar-refractivity contribution in [2.24, 2.45) is 12.5 Å². The predicted molar refractivity (Wildman–Crippen MR) is 83.3 cm³/mol. The molecule has 0 aliphatic heterocycles. The van der Waals surface area contributed by atoms with Crippen LogP contribution in [0.1, 0.15) is 50.9 Å². The van der Waals surface area contributed by atoms with Crippen LogP contribution in [0.3, 0.4) is 0 Å². The third-order valence-electron chi connectivity index (χ3n) is 3.77. The molecule has 0 bridgehead atoms. The van der Waals surface area contributed by atoms with Gasteiger partial charge in [-0.2, -0.15) is 5.10 Å². The van der Waals surface area contributed by atoms with E-state index in [0.29, 0.717) is 5.56 Å². The summed E-state index contributed by atoms with van der Waals surface area (Å²) in [6, 6.07) is 3.45. The van der Waals surface area contributed by atoms with Crippen LogP contribution in [0.5, 0.6) is 0 Å². The fourth-order valence-corrected chi connectivity index (χ4v) is 2.63. The van der Waals surface area contributed by atoms with Crippen LogP contribution in [0.2, 0.25) is 0 Å². The average molecular weight is 307 g/mol. The molecule has 0 unspecified atom stereocenters. The molecule has 1 heterocycles. The van der Waals surface area contributed by atoms with Crippen molar-refractivity contribution in [2.75, 3.05) is 0 Å². The van der Waals surface area contributed by atoms with Crippen LogP contribution in [0.4, 0.5) is 8.78 Å². The highest BCUT2D eigenvalue weighted by Gasteiger charge is 2.29. The van der Waals surface area contributed by atoms with E-state index >= 15 is 0 Å². The first-order valence-corrected chi connectivity index (χ1v) is 7.38. The smallest absolute Gasteiger partial charge is 0.130 e. The molecule has 0 amide bonds. The van der Waals surface area contributed by atoms with Gasteiger partial charge >= 0.3 is 0 Å². The third-order valence-corrected chi connectivity index (χ3v) is 3.77. The molecule has 0 fully saturated rings. The molecule has 0 aliphatic carbocycles. The minimum Gasteiger partial charge on any atom is -0.303 e. The summed E-state index contributed by atoms with van der Waals surface area (Å²) in [7, 11) is 1.87. The molecule has 1 N–H and O–H groups in total. The second-order valence-electron chi connectivity index (χ2n) is 6.80. The maximum Gasteiger partial charge on any atom is 0.130 e. The number of hydrogen-bond donors (Lipinski definition) is 1. The Morgan fingerprint density at radius 2 is 1.91 bits per heavy atom. The monoisotopic (exact) mass is 307 g/mol. The topological polar surface area (TPSA) is 29.9 Å². The van der Waals surface area contributed by atoms with Gasteiger partial charge in [0.25, 0.3) is 0 Å². The van der Waals surface area contributed by atoms with Gasteiger partial charge in [0.2, 0.25) is 0 Å². The molecular formula is C17H23F2N3. The lowest BCUT2D eigenvalue weighted by molar-refractivity contribution is 0.252. The van der Waals surface area contributed by atoms with Gasteiger partial charge in [-0.1, -0.05) is 26.8 Å². The summed E-state index contributed by atoms with van der Waals surface area (Å²) in [6.07, 6.45) is 3.77. The van der Waals surface area contributed by atoms with Crippen molar-refractivity contribution in [3.63, 3.8) is 0 Å². The number of hydrogen-bond acceptors (Lipinski definition) is 2. The van der Waals surface area contributed by atoms with Crippen molar-refractivity contribution < 1.29 is 8.78 Å². The second kappa shape index (κ2) is 6.16. The van der Waals surface area contributed by atoms with Crippen molar-refractivity contribution in [1.82, 2.24) is 15.1 Å². The summed E-state index contributed by atoms with van der Waals surface area (Å²) in [5.41, 5.74) is 1.43. The molecule has 0 saturated heterocycles. The first-order chi connectivity index (χ1) is 10.2. The summed E-state index contributed by atoms with van der Waals surface area (Å²) >= 11 is 0. The van der Waals surface area contributed by atoms with Crippen LogP contribution in [-0.4, -0.2) is 9.78 Å². The molecule has 120 valence electrons. The van der Waals surface area contributed by atoms with E-state index in [2.05, 4.69) is 31.2 Å². The van der Waals surface area contributed by atoms with E-state index in [1.165, 1.54) is 12.1 Å². The number of nitrogens with zero attached hydrogens (tertiary/aromatic N) is 2. The Hall–Kier alpha value is -1.75. The molecule has 1 aromatic heterocycles. The van der Waals surface area contributed by atoms with Crippen molar-refractivity contribution in [3.05, 3.63) is 53.4 Å². The van der Waals surface area contributed by atoms with Gasteiger partial charge in [-0.15, -0.1) is 0 Å². The lowest BCUT2D eigenvalue weighted by atomic mass is 9.82. The van der Waals surface area contributed by atoms with Gasteiger partial charge in [0.1, 0.15) is 11.6 Å². The predicted octanol–water partition coefficient (Wildman–Crippen LogP) is 4.14. The largest absolute Gasteiger partial charge is 0.303 e. The number of aromatic nitrogens is 2. The lowest BCUT2D eigenvalue weighted by Crippen LogP contribution is -2.34. The minimum absolute atomic E-state index is 0.000605. The van der Waals surface area contributed by atoms with E-state index in [0.717, 1.165) is 11.6 Å². The number of aryl methyl sites for hydroxylation is 1. The Morgan fingerprint density at radius 3 is 2.41 bits per heavy atom. The molecule has 2 atom stereocenters. The minimum atomic E-state index is -0.562. The lowest BCUT2D eigenvalue weighted by Gasteiger charge is -2.33. The van der Waals surface area contributed by atoms with Gasteiger partial charge in [-0.25, -0.2) is 8.78 Å². The van der Waals surface area contributed by atoms with E-state index in [1.807, 2.05) is 26.4 Å². The molecule has 2 rings (SSSR count). The molecule has 0 radical (unpaired) electrons. The highest BCUT2D eigenvalue weighted by molar-refractivity contribution is 5.23. The number of benzene rings is 1. The van der Waals surface area contributed by atoms with Crippen molar-refractivity contribution in [2.45, 2.75) is 39.8 Å². The fourth-order valence-electron chi connectivity index (χ4n) is 2.63. The Morgan fingerprint density at radius 1 is 1.23 bits per heavy atom. The standard InChI is InChI=1S/C17H23F2N3/c1-11(14-7-6-13(18)8-15(14)19)21-16(17(2,3)4)12-9-20-22(5)10-12/h6-11,16,21H,1-5H3/t11-,16+/m0/s1. The van der Waals surface area contributed by atoms with Gasteiger partial charge in [-0.3, -0.25) is 4.68 Å². The molecule has 0 saturated carbocycles. The van der Waals surface area contributed by atoms with Crippen LogP contribution in [0, 0.1) is 17.0 Å². The fraction of sp³-hybridized carbons (Fsp3) is 0.471. The molecule has 22 heavy (non-hydrogen) atoms. The summed E-state index contributed by atoms with van der Waals surface area (Å²) < 4.78 is 28.8. The molecule has 0 aliphatic rings. The Labute approximate surface area is 130 Å². The maximum absolute atomic E-state index is 14.0. The van der Waals surface area contributed by atoms with Gasteiger partial charge in [0.05, 0.1) is 6.20 Å². The first-order valence-electron chi connectivity index (χ1n) is 7.38. The van der Waals surface area contributed by atoms with Crippen LogP contribution in [-0.2, 0) is 7.05 Å². The van der Waals surface area contributed by atoms with E-state index in [-0.39, 0.29) is 17.5 Å². The van der Waals surface area contributed by atoms with Crippen molar-refractivity contribution in [1.29, 1.82) is 0 Å². The molecule has 1 aromatic carbocycles. The molecule has 0 spiro atoms. The van der Waals surface area contributed by atoms with Gasteiger partial charge in [0.15, 0.2) is 0 Å². The van der Waals surface area contributed by atoms with E-state index in [1.54, 1.807) is 4.68 Å². The zero-order valence-electron chi connectivity index (χ0n) is 13.7. The second-order valence-corrected chi connectivity index (χ2v) is 6.80. The summed E-state index contributed by atoms with van der Waals surface area (Å²) in [4.78, 5) is 0. The van der Waals surface area contributed by atoms with E-state index < -0.39 is 11.6 Å². The molecule has 5 heteroatoms. The molecule has 3 nitrogen and oxygen atoms in total. The zero-order valence-corrected chi connectivity index (χ0v) is 13.7. The van der Waals surface area contributed by atoms with Gasteiger partial charge < -0.3 is 5.32 Å². The van der Waals surface area contributed by atoms with Gasteiger partial charge in [0, 0.05) is 42.5 Å². The Kier molecular flexibility index (Phi) is 4.66. The van der Waals surface area contributed by atoms with Crippen molar-refractivity contribution in [3.8, 4) is 0 Å². The first kappa shape index (κ1) is 16.6. The third kappa shape index (κ3) is 3.71.